The Kier molecular flexibility index (Phi) is 5.82. The van der Waals surface area contributed by atoms with Crippen LogP contribution in [-0.4, -0.2) is 10.9 Å². The maximum absolute atomic E-state index is 11.8. The van der Waals surface area contributed by atoms with Crippen LogP contribution < -0.4 is 5.48 Å². The summed E-state index contributed by atoms with van der Waals surface area (Å²) in [5, 5.41) is 0.595. The second kappa shape index (κ2) is 8.46. The van der Waals surface area contributed by atoms with Crippen molar-refractivity contribution < 1.29 is 14.0 Å². The molecule has 5 nitrogen and oxygen atoms in total. The van der Waals surface area contributed by atoms with Crippen molar-refractivity contribution in [3.8, 4) is 11.3 Å². The van der Waals surface area contributed by atoms with Crippen LogP contribution in [0.1, 0.15) is 17.9 Å². The van der Waals surface area contributed by atoms with Crippen LogP contribution in [0, 0.1) is 0 Å². The van der Waals surface area contributed by atoms with Gasteiger partial charge < -0.3 is 4.42 Å². The molecular formula is C19H17ClN2O3. The molecular weight excluding hydrogens is 340 g/mol. The average molecular weight is 357 g/mol. The smallest absolute Gasteiger partial charge is 0.244 e. The third-order valence-corrected chi connectivity index (χ3v) is 3.86. The van der Waals surface area contributed by atoms with E-state index >= 15 is 0 Å². The Labute approximate surface area is 150 Å². The maximum atomic E-state index is 11.8. The fraction of sp³-hybridized carbons (Fsp3) is 0.158. The highest BCUT2D eigenvalue weighted by atomic mass is 35.5. The highest BCUT2D eigenvalue weighted by molar-refractivity contribution is 6.33. The Hall–Kier alpha value is -2.63. The van der Waals surface area contributed by atoms with Crippen LogP contribution in [0.3, 0.4) is 0 Å². The average Bonchev–Trinajstić information content (AvgIpc) is 3.10. The zero-order valence-electron chi connectivity index (χ0n) is 13.4. The van der Waals surface area contributed by atoms with Crippen LogP contribution in [0.4, 0.5) is 0 Å². The number of amides is 1. The molecule has 1 amide bonds. The third kappa shape index (κ3) is 4.92. The summed E-state index contributed by atoms with van der Waals surface area (Å²) in [6, 6.07) is 17.0. The highest BCUT2D eigenvalue weighted by Gasteiger charge is 2.11. The van der Waals surface area contributed by atoms with Gasteiger partial charge in [0, 0.05) is 18.4 Å². The molecule has 0 spiro atoms. The molecule has 0 aliphatic rings. The number of carbonyl (C=O) groups excluding carboxylic acids is 1. The van der Waals surface area contributed by atoms with Gasteiger partial charge in [0.2, 0.25) is 5.91 Å². The van der Waals surface area contributed by atoms with Crippen molar-refractivity contribution in [1.82, 2.24) is 10.5 Å². The predicted octanol–water partition coefficient (Wildman–Crippen LogP) is 4.18. The van der Waals surface area contributed by atoms with Crippen molar-refractivity contribution >= 4 is 17.5 Å². The molecule has 0 saturated heterocycles. The maximum Gasteiger partial charge on any atom is 0.244 e. The number of aryl methyl sites for hydroxylation is 1. The van der Waals surface area contributed by atoms with Crippen molar-refractivity contribution in [3.05, 3.63) is 77.3 Å². The molecule has 0 aliphatic carbocycles. The van der Waals surface area contributed by atoms with Gasteiger partial charge >= 0.3 is 0 Å². The predicted molar refractivity (Wildman–Crippen MR) is 94.6 cm³/mol. The fourth-order valence-electron chi connectivity index (χ4n) is 2.26. The topological polar surface area (TPSA) is 64.4 Å². The summed E-state index contributed by atoms with van der Waals surface area (Å²) in [5.41, 5.74) is 4.18. The number of carbonyl (C=O) groups is 1. The largest absolute Gasteiger partial charge is 0.441 e. The molecule has 25 heavy (non-hydrogen) atoms. The number of aromatic nitrogens is 1. The van der Waals surface area contributed by atoms with Gasteiger partial charge in [-0.1, -0.05) is 54.1 Å². The normalized spacial score (nSPS) is 10.6. The number of oxazole rings is 1. The van der Waals surface area contributed by atoms with Crippen molar-refractivity contribution in [2.75, 3.05) is 0 Å². The van der Waals surface area contributed by atoms with E-state index in [0.717, 1.165) is 11.1 Å². The number of halogens is 1. The van der Waals surface area contributed by atoms with E-state index in [-0.39, 0.29) is 12.3 Å². The molecule has 0 aliphatic heterocycles. The van der Waals surface area contributed by atoms with Gasteiger partial charge in [0.15, 0.2) is 11.7 Å². The van der Waals surface area contributed by atoms with Crippen molar-refractivity contribution in [1.29, 1.82) is 0 Å². The van der Waals surface area contributed by atoms with Crippen LogP contribution in [0.2, 0.25) is 5.02 Å². The van der Waals surface area contributed by atoms with Gasteiger partial charge in [0.05, 0.1) is 17.8 Å². The summed E-state index contributed by atoms with van der Waals surface area (Å²) < 4.78 is 5.66. The lowest BCUT2D eigenvalue weighted by molar-refractivity contribution is -0.134. The first-order valence-electron chi connectivity index (χ1n) is 7.86. The SMILES string of the molecule is O=C(CCc1ncc(-c2ccccc2Cl)o1)NOCc1ccccc1. The minimum atomic E-state index is -0.228. The van der Waals surface area contributed by atoms with E-state index in [1.807, 2.05) is 48.5 Å². The Morgan fingerprint density at radius 3 is 2.68 bits per heavy atom. The number of hydrogen-bond donors (Lipinski definition) is 1. The summed E-state index contributed by atoms with van der Waals surface area (Å²) >= 11 is 6.13. The molecule has 1 aromatic heterocycles. The van der Waals surface area contributed by atoms with Crippen molar-refractivity contribution in [2.45, 2.75) is 19.4 Å². The third-order valence-electron chi connectivity index (χ3n) is 3.53. The van der Waals surface area contributed by atoms with Crippen LogP contribution in [0.25, 0.3) is 11.3 Å². The quantitative estimate of drug-likeness (QED) is 0.645. The van der Waals surface area contributed by atoms with Crippen LogP contribution >= 0.6 is 11.6 Å². The standard InChI is InChI=1S/C19H17ClN2O3/c20-16-9-5-4-8-15(16)17-12-21-19(25-17)11-10-18(23)22-24-13-14-6-2-1-3-7-14/h1-9,12H,10-11,13H2,(H,22,23). The van der Waals surface area contributed by atoms with Crippen LogP contribution in [0.15, 0.2) is 65.2 Å². The van der Waals surface area contributed by atoms with Crippen molar-refractivity contribution in [3.63, 3.8) is 0 Å². The summed E-state index contributed by atoms with van der Waals surface area (Å²) in [4.78, 5) is 21.2. The zero-order valence-corrected chi connectivity index (χ0v) is 14.2. The lowest BCUT2D eigenvalue weighted by Gasteiger charge is -2.05. The van der Waals surface area contributed by atoms with Crippen molar-refractivity contribution in [2.24, 2.45) is 0 Å². The Morgan fingerprint density at radius 2 is 1.88 bits per heavy atom. The molecule has 2 aromatic carbocycles. The molecule has 6 heteroatoms. The first kappa shape index (κ1) is 17.2. The van der Waals surface area contributed by atoms with Gasteiger partial charge in [-0.25, -0.2) is 10.5 Å². The van der Waals surface area contributed by atoms with Gasteiger partial charge in [-0.15, -0.1) is 0 Å². The molecule has 128 valence electrons. The minimum absolute atomic E-state index is 0.220. The highest BCUT2D eigenvalue weighted by Crippen LogP contribution is 2.28. The number of nitrogens with one attached hydrogen (secondary N) is 1. The molecule has 0 unspecified atom stereocenters. The van der Waals surface area contributed by atoms with Gasteiger partial charge in [0.1, 0.15) is 0 Å². The first-order valence-corrected chi connectivity index (χ1v) is 8.24. The van der Waals surface area contributed by atoms with E-state index in [1.54, 1.807) is 12.3 Å². The number of hydroxylamine groups is 1. The molecule has 0 saturated carbocycles. The second-order valence-corrected chi connectivity index (χ2v) is 5.80. The van der Waals surface area contributed by atoms with Crippen LogP contribution in [0.5, 0.6) is 0 Å². The molecule has 1 N–H and O–H groups in total. The van der Waals surface area contributed by atoms with Gasteiger partial charge in [0.25, 0.3) is 0 Å². The van der Waals surface area contributed by atoms with Gasteiger partial charge in [-0.3, -0.25) is 9.63 Å². The van der Waals surface area contributed by atoms with E-state index < -0.39 is 0 Å². The molecule has 3 aromatic rings. The second-order valence-electron chi connectivity index (χ2n) is 5.40. The van der Waals surface area contributed by atoms with Gasteiger partial charge in [-0.2, -0.15) is 0 Å². The van der Waals surface area contributed by atoms with E-state index in [9.17, 15) is 4.79 Å². The van der Waals surface area contributed by atoms with Crippen LogP contribution in [-0.2, 0) is 22.7 Å². The minimum Gasteiger partial charge on any atom is -0.441 e. The summed E-state index contributed by atoms with van der Waals surface area (Å²) in [5.74, 6) is 0.836. The fourth-order valence-corrected chi connectivity index (χ4v) is 2.49. The van der Waals surface area contributed by atoms with E-state index in [4.69, 9.17) is 20.9 Å². The summed E-state index contributed by atoms with van der Waals surface area (Å²) in [7, 11) is 0. The number of nitrogens with zero attached hydrogens (tertiary/aromatic N) is 1. The Balaban J connectivity index is 1.46. The van der Waals surface area contributed by atoms with E-state index in [2.05, 4.69) is 10.5 Å². The molecule has 0 bridgehead atoms. The summed E-state index contributed by atoms with van der Waals surface area (Å²) in [6.45, 7) is 0.322. The number of hydrogen-bond acceptors (Lipinski definition) is 4. The number of benzene rings is 2. The molecule has 0 atom stereocenters. The molecule has 0 fully saturated rings. The monoisotopic (exact) mass is 356 g/mol. The Morgan fingerprint density at radius 1 is 1.12 bits per heavy atom. The van der Waals surface area contributed by atoms with E-state index in [1.165, 1.54) is 0 Å². The molecule has 0 radical (unpaired) electrons. The number of rotatable bonds is 7. The Bertz CT molecular complexity index is 833. The summed E-state index contributed by atoms with van der Waals surface area (Å²) in [6.07, 6.45) is 2.21. The lowest BCUT2D eigenvalue weighted by Crippen LogP contribution is -2.23. The molecule has 1 heterocycles. The van der Waals surface area contributed by atoms with E-state index in [0.29, 0.717) is 29.7 Å². The first-order chi connectivity index (χ1) is 12.2. The lowest BCUT2D eigenvalue weighted by atomic mass is 10.2. The van der Waals surface area contributed by atoms with Gasteiger partial charge in [-0.05, 0) is 17.7 Å². The molecule has 3 rings (SSSR count). The zero-order chi connectivity index (χ0) is 17.5.